The van der Waals surface area contributed by atoms with Crippen LogP contribution in [0.15, 0.2) is 46.1 Å². The second-order valence-corrected chi connectivity index (χ2v) is 4.39. The number of hydrogen-bond donors (Lipinski definition) is 1. The van der Waals surface area contributed by atoms with E-state index in [1.807, 2.05) is 0 Å². The van der Waals surface area contributed by atoms with Gasteiger partial charge < -0.3 is 9.67 Å². The van der Waals surface area contributed by atoms with E-state index >= 15 is 0 Å². The largest absolute Gasteiger partial charge is 0.387 e. The fourth-order valence-corrected chi connectivity index (χ4v) is 1.92. The SMILES string of the molecule is Cn1cc(C#N)c(=O)n(C[C@@H](O)c2ccccc2)c1=O. The zero-order chi connectivity index (χ0) is 14.7. The number of aromatic nitrogens is 2. The average Bonchev–Trinajstić information content (AvgIpc) is 2.48. The summed E-state index contributed by atoms with van der Waals surface area (Å²) in [7, 11) is 1.45. The van der Waals surface area contributed by atoms with Gasteiger partial charge in [-0.1, -0.05) is 30.3 Å². The topological polar surface area (TPSA) is 88.0 Å². The van der Waals surface area contributed by atoms with Crippen molar-refractivity contribution in [1.29, 1.82) is 5.26 Å². The Kier molecular flexibility index (Phi) is 3.82. The third-order valence-corrected chi connectivity index (χ3v) is 2.99. The van der Waals surface area contributed by atoms with Crippen LogP contribution in [0.2, 0.25) is 0 Å². The van der Waals surface area contributed by atoms with E-state index in [9.17, 15) is 14.7 Å². The third-order valence-electron chi connectivity index (χ3n) is 2.99. The Balaban J connectivity index is 2.45. The molecule has 0 saturated carbocycles. The van der Waals surface area contributed by atoms with Crippen LogP contribution in [0.5, 0.6) is 0 Å². The van der Waals surface area contributed by atoms with Crippen LogP contribution in [0.1, 0.15) is 17.2 Å². The Bertz CT molecular complexity index is 769. The molecule has 0 fully saturated rings. The summed E-state index contributed by atoms with van der Waals surface area (Å²) < 4.78 is 2.02. The van der Waals surface area contributed by atoms with Crippen LogP contribution in [0, 0.1) is 11.3 Å². The summed E-state index contributed by atoms with van der Waals surface area (Å²) in [5.41, 5.74) is -0.786. The van der Waals surface area contributed by atoms with Crippen LogP contribution >= 0.6 is 0 Å². The number of nitrogens with zero attached hydrogens (tertiary/aromatic N) is 3. The molecule has 0 saturated heterocycles. The van der Waals surface area contributed by atoms with Crippen molar-refractivity contribution in [2.24, 2.45) is 7.05 Å². The minimum absolute atomic E-state index is 0.132. The van der Waals surface area contributed by atoms with Crippen molar-refractivity contribution in [3.05, 3.63) is 68.5 Å². The molecule has 0 aliphatic heterocycles. The first-order valence-corrected chi connectivity index (χ1v) is 5.98. The smallest absolute Gasteiger partial charge is 0.330 e. The van der Waals surface area contributed by atoms with E-state index < -0.39 is 17.4 Å². The fraction of sp³-hybridized carbons (Fsp3) is 0.214. The van der Waals surface area contributed by atoms with Crippen molar-refractivity contribution in [1.82, 2.24) is 9.13 Å². The Morgan fingerprint density at radius 3 is 2.55 bits per heavy atom. The number of aliphatic hydroxyl groups is 1. The van der Waals surface area contributed by atoms with Crippen molar-refractivity contribution in [3.8, 4) is 6.07 Å². The van der Waals surface area contributed by atoms with Gasteiger partial charge in [-0.15, -0.1) is 0 Å². The van der Waals surface area contributed by atoms with Gasteiger partial charge in [0.1, 0.15) is 11.6 Å². The first-order valence-electron chi connectivity index (χ1n) is 5.98. The molecule has 0 unspecified atom stereocenters. The van der Waals surface area contributed by atoms with Gasteiger partial charge in [-0.2, -0.15) is 5.26 Å². The van der Waals surface area contributed by atoms with Crippen LogP contribution in [0.4, 0.5) is 0 Å². The lowest BCUT2D eigenvalue weighted by molar-refractivity contribution is 0.152. The highest BCUT2D eigenvalue weighted by Gasteiger charge is 2.14. The second-order valence-electron chi connectivity index (χ2n) is 4.39. The highest BCUT2D eigenvalue weighted by molar-refractivity contribution is 5.23. The van der Waals surface area contributed by atoms with Crippen molar-refractivity contribution in [3.63, 3.8) is 0 Å². The van der Waals surface area contributed by atoms with Gasteiger partial charge in [0.15, 0.2) is 0 Å². The molecule has 1 aromatic carbocycles. The lowest BCUT2D eigenvalue weighted by Gasteiger charge is -2.13. The molecule has 0 radical (unpaired) electrons. The van der Waals surface area contributed by atoms with Crippen molar-refractivity contribution in [2.45, 2.75) is 12.6 Å². The predicted molar refractivity (Wildman–Crippen MR) is 72.1 cm³/mol. The Morgan fingerprint density at radius 1 is 1.30 bits per heavy atom. The molecule has 2 aromatic rings. The highest BCUT2D eigenvalue weighted by Crippen LogP contribution is 2.12. The van der Waals surface area contributed by atoms with Gasteiger partial charge in [0, 0.05) is 13.2 Å². The molecule has 0 spiro atoms. The minimum atomic E-state index is -0.990. The Labute approximate surface area is 114 Å². The number of nitriles is 1. The van der Waals surface area contributed by atoms with Crippen molar-refractivity contribution in [2.75, 3.05) is 0 Å². The molecule has 1 heterocycles. The zero-order valence-corrected chi connectivity index (χ0v) is 10.9. The minimum Gasteiger partial charge on any atom is -0.387 e. The summed E-state index contributed by atoms with van der Waals surface area (Å²) in [6.07, 6.45) is 0.200. The maximum atomic E-state index is 12.0. The van der Waals surface area contributed by atoms with Gasteiger partial charge in [0.05, 0.1) is 12.6 Å². The summed E-state index contributed by atoms with van der Waals surface area (Å²) >= 11 is 0. The maximum Gasteiger partial charge on any atom is 0.330 e. The monoisotopic (exact) mass is 271 g/mol. The molecule has 0 amide bonds. The van der Waals surface area contributed by atoms with Gasteiger partial charge in [-0.25, -0.2) is 4.79 Å². The summed E-state index contributed by atoms with van der Waals surface area (Å²) in [5.74, 6) is 0. The lowest BCUT2D eigenvalue weighted by atomic mass is 10.1. The summed E-state index contributed by atoms with van der Waals surface area (Å²) in [4.78, 5) is 23.9. The Morgan fingerprint density at radius 2 is 1.95 bits per heavy atom. The van der Waals surface area contributed by atoms with Crippen LogP contribution in [0.3, 0.4) is 0 Å². The van der Waals surface area contributed by atoms with Crippen LogP contribution < -0.4 is 11.2 Å². The maximum absolute atomic E-state index is 12.0. The third kappa shape index (κ3) is 2.53. The summed E-state index contributed by atoms with van der Waals surface area (Å²) in [6.45, 7) is -0.189. The van der Waals surface area contributed by atoms with Gasteiger partial charge in [-0.05, 0) is 5.56 Å². The molecular formula is C14H13N3O3. The van der Waals surface area contributed by atoms with E-state index in [1.165, 1.54) is 13.2 Å². The van der Waals surface area contributed by atoms with Crippen LogP contribution in [0.25, 0.3) is 0 Å². The number of hydrogen-bond acceptors (Lipinski definition) is 4. The van der Waals surface area contributed by atoms with Gasteiger partial charge in [0.25, 0.3) is 5.56 Å². The average molecular weight is 271 g/mol. The molecule has 20 heavy (non-hydrogen) atoms. The van der Waals surface area contributed by atoms with Gasteiger partial charge >= 0.3 is 5.69 Å². The van der Waals surface area contributed by atoms with Crippen molar-refractivity contribution < 1.29 is 5.11 Å². The molecule has 6 nitrogen and oxygen atoms in total. The second kappa shape index (κ2) is 5.55. The fourth-order valence-electron chi connectivity index (χ4n) is 1.92. The lowest BCUT2D eigenvalue weighted by Crippen LogP contribution is -2.41. The normalized spacial score (nSPS) is 11.8. The molecule has 1 atom stereocenters. The van der Waals surface area contributed by atoms with E-state index in [2.05, 4.69) is 0 Å². The molecule has 0 aliphatic carbocycles. The van der Waals surface area contributed by atoms with E-state index in [-0.39, 0.29) is 12.1 Å². The van der Waals surface area contributed by atoms with Crippen LogP contribution in [-0.2, 0) is 13.6 Å². The highest BCUT2D eigenvalue weighted by atomic mass is 16.3. The molecule has 102 valence electrons. The standard InChI is InChI=1S/C14H13N3O3/c1-16-8-11(7-15)13(19)17(14(16)20)9-12(18)10-5-3-2-4-6-10/h2-6,8,12,18H,9H2,1H3/t12-/m1/s1. The number of aryl methyl sites for hydroxylation is 1. The van der Waals surface area contributed by atoms with E-state index in [0.29, 0.717) is 5.56 Å². The number of rotatable bonds is 3. The summed E-state index contributed by atoms with van der Waals surface area (Å²) in [5, 5.41) is 19.0. The molecule has 0 aliphatic rings. The van der Waals surface area contributed by atoms with E-state index in [4.69, 9.17) is 5.26 Å². The molecule has 1 aromatic heterocycles. The van der Waals surface area contributed by atoms with E-state index in [1.54, 1.807) is 36.4 Å². The molecule has 1 N–H and O–H groups in total. The number of aliphatic hydroxyl groups excluding tert-OH is 1. The number of benzene rings is 1. The van der Waals surface area contributed by atoms with Crippen molar-refractivity contribution >= 4 is 0 Å². The summed E-state index contributed by atoms with van der Waals surface area (Å²) in [6, 6.07) is 10.5. The Hall–Kier alpha value is -2.65. The quantitative estimate of drug-likeness (QED) is 0.860. The predicted octanol–water partition coefficient (Wildman–Crippen LogP) is 0.152. The zero-order valence-electron chi connectivity index (χ0n) is 10.9. The first-order chi connectivity index (χ1) is 9.54. The van der Waals surface area contributed by atoms with Crippen LogP contribution in [-0.4, -0.2) is 14.2 Å². The molecule has 2 rings (SSSR count). The molecule has 0 bridgehead atoms. The molecular weight excluding hydrogens is 258 g/mol. The van der Waals surface area contributed by atoms with E-state index in [0.717, 1.165) is 9.13 Å². The van der Waals surface area contributed by atoms with Gasteiger partial charge in [-0.3, -0.25) is 9.36 Å². The van der Waals surface area contributed by atoms with Gasteiger partial charge in [0.2, 0.25) is 0 Å². The first kappa shape index (κ1) is 13.8. The molecule has 6 heteroatoms.